The highest BCUT2D eigenvalue weighted by atomic mass is 32.1. The van der Waals surface area contributed by atoms with Gasteiger partial charge in [-0.05, 0) is 11.5 Å². The second kappa shape index (κ2) is 3.61. The molecule has 0 nitrogen and oxygen atoms in total. The summed E-state index contributed by atoms with van der Waals surface area (Å²) in [5, 5.41) is 0. The fourth-order valence-corrected chi connectivity index (χ4v) is 1.53. The van der Waals surface area contributed by atoms with E-state index in [-0.39, 0.29) is 0 Å². The minimum atomic E-state index is 0.406. The van der Waals surface area contributed by atoms with Gasteiger partial charge in [0.05, 0.1) is 0 Å². The molecule has 0 aliphatic carbocycles. The Balaban J connectivity index is 3.28. The van der Waals surface area contributed by atoms with Gasteiger partial charge in [0.2, 0.25) is 0 Å². The fraction of sp³-hybridized carbons (Fsp3) is 0.333. The van der Waals surface area contributed by atoms with E-state index < -0.39 is 0 Å². The number of hydrogen-bond donors (Lipinski definition) is 1. The highest BCUT2D eigenvalue weighted by Gasteiger charge is 2.05. The van der Waals surface area contributed by atoms with Crippen LogP contribution >= 0.6 is 12.6 Å². The molecule has 0 spiro atoms. The van der Waals surface area contributed by atoms with E-state index >= 15 is 0 Å². The van der Waals surface area contributed by atoms with Crippen molar-refractivity contribution < 1.29 is 0 Å². The molecule has 0 N–H and O–H groups in total. The van der Waals surface area contributed by atoms with Crippen LogP contribution in [-0.2, 0) is 0 Å². The molecular formula is C9H10B2S. The molecule has 0 unspecified atom stereocenters. The van der Waals surface area contributed by atoms with Crippen molar-refractivity contribution >= 4 is 39.2 Å². The van der Waals surface area contributed by atoms with Crippen LogP contribution in [-0.4, -0.2) is 15.7 Å². The van der Waals surface area contributed by atoms with Crippen molar-refractivity contribution in [3.05, 3.63) is 17.7 Å². The molecule has 0 aliphatic heterocycles. The maximum absolute atomic E-state index is 5.70. The van der Waals surface area contributed by atoms with Crippen LogP contribution in [0.4, 0.5) is 0 Å². The lowest BCUT2D eigenvalue weighted by Gasteiger charge is -2.12. The van der Waals surface area contributed by atoms with E-state index in [9.17, 15) is 0 Å². The zero-order valence-corrected chi connectivity index (χ0v) is 8.23. The number of thiol groups is 1. The van der Waals surface area contributed by atoms with Gasteiger partial charge >= 0.3 is 0 Å². The average molecular weight is 172 g/mol. The summed E-state index contributed by atoms with van der Waals surface area (Å²) in [4.78, 5) is 0.846. The Bertz CT molecular complexity index is 295. The minimum Gasteiger partial charge on any atom is -0.144 e. The van der Waals surface area contributed by atoms with E-state index in [1.54, 1.807) is 6.07 Å². The first-order chi connectivity index (χ1) is 5.52. The molecule has 0 atom stereocenters. The molecule has 1 rings (SSSR count). The minimum absolute atomic E-state index is 0.406. The lowest BCUT2D eigenvalue weighted by Crippen LogP contribution is -2.17. The summed E-state index contributed by atoms with van der Waals surface area (Å²) in [5.41, 5.74) is 2.46. The number of hydrogen-bond acceptors (Lipinski definition) is 1. The van der Waals surface area contributed by atoms with E-state index in [2.05, 4.69) is 26.5 Å². The Labute approximate surface area is 82.0 Å². The molecule has 0 saturated carbocycles. The SMILES string of the molecule is [B]c1cc([B])c(S)c(C(C)C)c1. The Morgan fingerprint density at radius 2 is 1.83 bits per heavy atom. The summed E-state index contributed by atoms with van der Waals surface area (Å²) in [5.74, 6) is 0.406. The van der Waals surface area contributed by atoms with Crippen LogP contribution in [0.15, 0.2) is 17.0 Å². The molecule has 58 valence electrons. The van der Waals surface area contributed by atoms with Crippen molar-refractivity contribution in [3.8, 4) is 0 Å². The Morgan fingerprint density at radius 1 is 1.25 bits per heavy atom. The van der Waals surface area contributed by atoms with Crippen LogP contribution in [0.3, 0.4) is 0 Å². The topological polar surface area (TPSA) is 0 Å². The molecule has 1 aromatic carbocycles. The van der Waals surface area contributed by atoms with E-state index in [0.29, 0.717) is 16.8 Å². The maximum Gasteiger partial charge on any atom is 0.115 e. The Kier molecular flexibility index (Phi) is 2.94. The van der Waals surface area contributed by atoms with Gasteiger partial charge in [-0.25, -0.2) is 0 Å². The molecule has 0 heterocycles. The van der Waals surface area contributed by atoms with Crippen LogP contribution in [0, 0.1) is 0 Å². The van der Waals surface area contributed by atoms with E-state index in [0.717, 1.165) is 10.5 Å². The van der Waals surface area contributed by atoms with Gasteiger partial charge in [-0.15, -0.1) is 12.6 Å². The summed E-state index contributed by atoms with van der Waals surface area (Å²) >= 11 is 4.32. The van der Waals surface area contributed by atoms with Crippen molar-refractivity contribution in [1.82, 2.24) is 0 Å². The zero-order valence-electron chi connectivity index (χ0n) is 7.33. The Morgan fingerprint density at radius 3 is 2.33 bits per heavy atom. The highest BCUT2D eigenvalue weighted by Crippen LogP contribution is 2.18. The van der Waals surface area contributed by atoms with Crippen molar-refractivity contribution in [2.24, 2.45) is 0 Å². The first-order valence-electron chi connectivity index (χ1n) is 3.90. The van der Waals surface area contributed by atoms with Gasteiger partial charge in [-0.2, -0.15) is 0 Å². The predicted octanol–water partition coefficient (Wildman–Crippen LogP) is 0.686. The van der Waals surface area contributed by atoms with Crippen LogP contribution in [0.25, 0.3) is 0 Å². The summed E-state index contributed by atoms with van der Waals surface area (Å²) in [7, 11) is 11.4. The summed E-state index contributed by atoms with van der Waals surface area (Å²) in [6, 6.07) is 3.65. The maximum atomic E-state index is 5.70. The van der Waals surface area contributed by atoms with E-state index in [1.165, 1.54) is 0 Å². The van der Waals surface area contributed by atoms with Gasteiger partial charge in [0, 0.05) is 4.90 Å². The molecule has 0 fully saturated rings. The van der Waals surface area contributed by atoms with Crippen LogP contribution in [0.2, 0.25) is 0 Å². The van der Waals surface area contributed by atoms with Crippen LogP contribution in [0.5, 0.6) is 0 Å². The van der Waals surface area contributed by atoms with Gasteiger partial charge in [-0.1, -0.05) is 36.9 Å². The standard InChI is InChI=1S/C9H10B2S/c1-5(2)7-3-6(10)4-8(11)9(7)12/h3-5,12H,1-2H3. The molecule has 4 radical (unpaired) electrons. The van der Waals surface area contributed by atoms with Crippen LogP contribution < -0.4 is 10.9 Å². The monoisotopic (exact) mass is 172 g/mol. The smallest absolute Gasteiger partial charge is 0.115 e. The summed E-state index contributed by atoms with van der Waals surface area (Å²) in [6.45, 7) is 4.18. The third-order valence-corrected chi connectivity index (χ3v) is 2.33. The highest BCUT2D eigenvalue weighted by molar-refractivity contribution is 7.80. The van der Waals surface area contributed by atoms with Gasteiger partial charge in [0.25, 0.3) is 0 Å². The third-order valence-electron chi connectivity index (χ3n) is 1.81. The quantitative estimate of drug-likeness (QED) is 0.467. The first-order valence-corrected chi connectivity index (χ1v) is 4.35. The second-order valence-electron chi connectivity index (χ2n) is 3.20. The first kappa shape index (κ1) is 9.79. The molecule has 0 amide bonds. The zero-order chi connectivity index (χ0) is 9.30. The van der Waals surface area contributed by atoms with Gasteiger partial charge in [-0.3, -0.25) is 0 Å². The van der Waals surface area contributed by atoms with Crippen molar-refractivity contribution in [1.29, 1.82) is 0 Å². The number of rotatable bonds is 1. The number of benzene rings is 1. The van der Waals surface area contributed by atoms with Crippen molar-refractivity contribution in [3.63, 3.8) is 0 Å². The summed E-state index contributed by atoms with van der Waals surface area (Å²) in [6.07, 6.45) is 0. The largest absolute Gasteiger partial charge is 0.144 e. The normalized spacial score (nSPS) is 10.7. The van der Waals surface area contributed by atoms with Gasteiger partial charge in [0.15, 0.2) is 0 Å². The Hall–Kier alpha value is -0.300. The van der Waals surface area contributed by atoms with Crippen molar-refractivity contribution in [2.45, 2.75) is 24.7 Å². The van der Waals surface area contributed by atoms with Gasteiger partial charge < -0.3 is 0 Å². The molecular weight excluding hydrogens is 162 g/mol. The third kappa shape index (κ3) is 1.89. The molecule has 0 bridgehead atoms. The lowest BCUT2D eigenvalue weighted by atomic mass is 9.83. The molecule has 12 heavy (non-hydrogen) atoms. The molecule has 1 aromatic rings. The van der Waals surface area contributed by atoms with Crippen molar-refractivity contribution in [2.75, 3.05) is 0 Å². The molecule has 0 aliphatic rings. The summed E-state index contributed by atoms with van der Waals surface area (Å²) < 4.78 is 0. The van der Waals surface area contributed by atoms with E-state index in [4.69, 9.17) is 15.7 Å². The predicted molar refractivity (Wildman–Crippen MR) is 58.6 cm³/mol. The molecule has 3 heteroatoms. The fourth-order valence-electron chi connectivity index (χ4n) is 1.14. The van der Waals surface area contributed by atoms with Crippen LogP contribution in [0.1, 0.15) is 25.3 Å². The second-order valence-corrected chi connectivity index (χ2v) is 3.65. The average Bonchev–Trinajstić information content (AvgIpc) is 1.96. The molecule has 0 saturated heterocycles. The van der Waals surface area contributed by atoms with E-state index in [1.807, 2.05) is 6.07 Å². The lowest BCUT2D eigenvalue weighted by molar-refractivity contribution is 0.847. The molecule has 0 aromatic heterocycles. The van der Waals surface area contributed by atoms with Gasteiger partial charge in [0.1, 0.15) is 15.7 Å².